The molecule has 0 N–H and O–H groups in total. The Morgan fingerprint density at radius 3 is 2.08 bits per heavy atom. The van der Waals surface area contributed by atoms with E-state index in [1.807, 2.05) is 0 Å². The van der Waals surface area contributed by atoms with Crippen LogP contribution in [0.4, 0.5) is 0 Å². The van der Waals surface area contributed by atoms with Crippen molar-refractivity contribution in [2.75, 3.05) is 14.1 Å². The van der Waals surface area contributed by atoms with Crippen LogP contribution < -0.4 is 0 Å². The predicted octanol–water partition coefficient (Wildman–Crippen LogP) is 0.273. The molecule has 6 heteroatoms. The van der Waals surface area contributed by atoms with Gasteiger partial charge in [-0.1, -0.05) is 0 Å². The SMILES string of the molecule is [CH2-]N=NC(C(C)=O)C(=O)N(C)C.[W]. The van der Waals surface area contributed by atoms with Gasteiger partial charge in [-0.15, -0.1) is 0 Å². The molecule has 0 spiro atoms. The van der Waals surface area contributed by atoms with E-state index in [0.29, 0.717) is 0 Å². The molecule has 0 bridgehead atoms. The van der Waals surface area contributed by atoms with E-state index in [2.05, 4.69) is 17.3 Å². The van der Waals surface area contributed by atoms with Gasteiger partial charge in [0.25, 0.3) is 5.91 Å². The fourth-order valence-corrected chi connectivity index (χ4v) is 0.631. The van der Waals surface area contributed by atoms with Crippen LogP contribution in [0.3, 0.4) is 0 Å². The van der Waals surface area contributed by atoms with Gasteiger partial charge >= 0.3 is 0 Å². The Kier molecular flexibility index (Phi) is 7.72. The van der Waals surface area contributed by atoms with Crippen molar-refractivity contribution in [2.24, 2.45) is 10.2 Å². The second-order valence-corrected chi connectivity index (χ2v) is 2.50. The second kappa shape index (κ2) is 6.78. The molecule has 0 aliphatic carbocycles. The van der Waals surface area contributed by atoms with Gasteiger partial charge in [0, 0.05) is 35.2 Å². The first kappa shape index (κ1) is 14.8. The Labute approximate surface area is 91.8 Å². The van der Waals surface area contributed by atoms with E-state index >= 15 is 0 Å². The van der Waals surface area contributed by atoms with Gasteiger partial charge in [0.1, 0.15) is 0 Å². The van der Waals surface area contributed by atoms with Crippen LogP contribution in [0.1, 0.15) is 6.92 Å². The number of carbonyl (C=O) groups is 2. The molecule has 1 unspecified atom stereocenters. The molecule has 1 atom stereocenters. The number of nitrogens with zero attached hydrogens (tertiary/aromatic N) is 3. The third-order valence-corrected chi connectivity index (χ3v) is 1.26. The topological polar surface area (TPSA) is 62.1 Å². The Balaban J connectivity index is 0. The maximum absolute atomic E-state index is 11.2. The maximum Gasteiger partial charge on any atom is 0.256 e. The van der Waals surface area contributed by atoms with Gasteiger partial charge in [0.05, 0.1) is 0 Å². The molecular weight excluding hydrogens is 342 g/mol. The van der Waals surface area contributed by atoms with Gasteiger partial charge in [-0.05, 0) is 6.92 Å². The van der Waals surface area contributed by atoms with Crippen LogP contribution in [0.5, 0.6) is 0 Å². The molecule has 0 aromatic heterocycles. The summed E-state index contributed by atoms with van der Waals surface area (Å²) in [6.45, 7) is 1.29. The van der Waals surface area contributed by atoms with Crippen LogP contribution in [-0.4, -0.2) is 36.7 Å². The summed E-state index contributed by atoms with van der Waals surface area (Å²) in [6.07, 6.45) is 0. The van der Waals surface area contributed by atoms with Crippen LogP contribution in [0.25, 0.3) is 0 Å². The van der Waals surface area contributed by atoms with E-state index in [1.165, 1.54) is 11.8 Å². The van der Waals surface area contributed by atoms with Gasteiger partial charge in [0.2, 0.25) is 6.04 Å². The van der Waals surface area contributed by atoms with Gasteiger partial charge in [-0.3, -0.25) is 16.6 Å². The Hall–Kier alpha value is -0.702. The minimum absolute atomic E-state index is 0. The number of likely N-dealkylation sites (N-methyl/N-ethyl adjacent to an activating group) is 1. The number of Topliss-reactive ketones (excluding diaryl/α,β-unsaturated/α-hetero) is 1. The standard InChI is InChI=1S/C7H12N3O2.W/c1-5(11)6(9-8-2)7(12)10(3)4;/h6H,2H2,1,3-4H3;/q-1;. The Morgan fingerprint density at radius 2 is 1.85 bits per heavy atom. The van der Waals surface area contributed by atoms with Crippen LogP contribution in [0.15, 0.2) is 10.2 Å². The molecule has 0 radical (unpaired) electrons. The minimum Gasteiger partial charge on any atom is -0.357 e. The van der Waals surface area contributed by atoms with Crippen LogP contribution in [0.2, 0.25) is 0 Å². The summed E-state index contributed by atoms with van der Waals surface area (Å²) in [7, 11) is 6.19. The molecule has 0 heterocycles. The van der Waals surface area contributed by atoms with E-state index < -0.39 is 6.04 Å². The van der Waals surface area contributed by atoms with E-state index in [-0.39, 0.29) is 32.8 Å². The van der Waals surface area contributed by atoms with Gasteiger partial charge in [0.15, 0.2) is 5.78 Å². The average Bonchev–Trinajstić information content (AvgIpc) is 1.98. The summed E-state index contributed by atoms with van der Waals surface area (Å²) in [5, 5.41) is 6.59. The van der Waals surface area contributed by atoms with E-state index in [0.717, 1.165) is 0 Å². The molecule has 0 saturated heterocycles. The normalized spacial score (nSPS) is 11.9. The van der Waals surface area contributed by atoms with Crippen molar-refractivity contribution >= 4 is 11.7 Å². The van der Waals surface area contributed by atoms with Crippen LogP contribution >= 0.6 is 0 Å². The van der Waals surface area contributed by atoms with E-state index in [9.17, 15) is 9.59 Å². The Bertz CT molecular complexity index is 216. The van der Waals surface area contributed by atoms with Gasteiger partial charge < -0.3 is 10.0 Å². The first-order chi connectivity index (χ1) is 5.50. The zero-order chi connectivity index (χ0) is 9.72. The van der Waals surface area contributed by atoms with Gasteiger partial charge in [-0.2, -0.15) is 0 Å². The van der Waals surface area contributed by atoms with Crippen LogP contribution in [0, 0.1) is 7.05 Å². The first-order valence-corrected chi connectivity index (χ1v) is 3.38. The molecule has 0 aliphatic heterocycles. The van der Waals surface area contributed by atoms with Gasteiger partial charge in [-0.25, -0.2) is 5.11 Å². The molecule has 0 aliphatic rings. The number of hydrogen-bond acceptors (Lipinski definition) is 4. The molecule has 0 aromatic rings. The number of rotatable bonds is 3. The van der Waals surface area contributed by atoms with Crippen molar-refractivity contribution in [1.29, 1.82) is 0 Å². The molecule has 5 nitrogen and oxygen atoms in total. The van der Waals surface area contributed by atoms with E-state index in [4.69, 9.17) is 0 Å². The average molecular weight is 354 g/mol. The largest absolute Gasteiger partial charge is 0.357 e. The molecule has 74 valence electrons. The Morgan fingerprint density at radius 1 is 1.38 bits per heavy atom. The molecule has 0 aromatic carbocycles. The van der Waals surface area contributed by atoms with Crippen molar-refractivity contribution in [3.05, 3.63) is 7.05 Å². The molecule has 0 rings (SSSR count). The maximum atomic E-state index is 11.2. The monoisotopic (exact) mass is 354 g/mol. The predicted molar refractivity (Wildman–Crippen MR) is 43.4 cm³/mol. The summed E-state index contributed by atoms with van der Waals surface area (Å²) in [4.78, 5) is 23.3. The fourth-order valence-electron chi connectivity index (χ4n) is 0.631. The molecule has 0 saturated carbocycles. The third kappa shape index (κ3) is 4.78. The number of hydrogen-bond donors (Lipinski definition) is 0. The number of ketones is 1. The summed E-state index contributed by atoms with van der Waals surface area (Å²) in [6, 6.07) is -1.03. The zero-order valence-corrected chi connectivity index (χ0v) is 10.8. The molecule has 13 heavy (non-hydrogen) atoms. The molecular formula is C7H12N3O2W-. The summed E-state index contributed by atoms with van der Waals surface area (Å²) < 4.78 is 0. The van der Waals surface area contributed by atoms with Crippen molar-refractivity contribution in [1.82, 2.24) is 4.90 Å². The summed E-state index contributed by atoms with van der Waals surface area (Å²) >= 11 is 0. The smallest absolute Gasteiger partial charge is 0.256 e. The summed E-state index contributed by atoms with van der Waals surface area (Å²) in [5.41, 5.74) is 0. The zero-order valence-electron chi connectivity index (χ0n) is 7.85. The van der Waals surface area contributed by atoms with Crippen molar-refractivity contribution in [3.8, 4) is 0 Å². The number of azo groups is 1. The first-order valence-electron chi connectivity index (χ1n) is 3.38. The quantitative estimate of drug-likeness (QED) is 0.415. The second-order valence-electron chi connectivity index (χ2n) is 2.50. The van der Waals surface area contributed by atoms with Crippen molar-refractivity contribution in [3.63, 3.8) is 0 Å². The van der Waals surface area contributed by atoms with E-state index in [1.54, 1.807) is 14.1 Å². The van der Waals surface area contributed by atoms with Crippen LogP contribution in [-0.2, 0) is 30.7 Å². The third-order valence-electron chi connectivity index (χ3n) is 1.26. The van der Waals surface area contributed by atoms with Crippen molar-refractivity contribution < 1.29 is 30.7 Å². The summed E-state index contributed by atoms with van der Waals surface area (Å²) in [5.74, 6) is -0.712. The van der Waals surface area contributed by atoms with Crippen molar-refractivity contribution in [2.45, 2.75) is 13.0 Å². The fraction of sp³-hybridized carbons (Fsp3) is 0.571. The molecule has 0 fully saturated rings. The minimum atomic E-state index is -1.03. The number of amides is 1. The number of carbonyl (C=O) groups excluding carboxylic acids is 2. The molecule has 1 amide bonds.